The Balaban J connectivity index is 1.68. The zero-order valence-corrected chi connectivity index (χ0v) is 17.5. The molecule has 2 heterocycles. The molecule has 0 radical (unpaired) electrons. The van der Waals surface area contributed by atoms with Crippen LogP contribution in [0.5, 0.6) is 0 Å². The molecular weight excluding hydrogens is 476 g/mol. The Morgan fingerprint density at radius 3 is 1.91 bits per heavy atom. The van der Waals surface area contributed by atoms with Crippen molar-refractivity contribution in [2.45, 2.75) is 43.8 Å². The van der Waals surface area contributed by atoms with Crippen LogP contribution >= 0.6 is 0 Å². The molecule has 1 aromatic rings. The summed E-state index contributed by atoms with van der Waals surface area (Å²) in [6.07, 6.45) is -13.9. The lowest BCUT2D eigenvalue weighted by Crippen LogP contribution is -2.53. The molecule has 14 heteroatoms. The van der Waals surface area contributed by atoms with E-state index in [0.29, 0.717) is 25.8 Å². The normalized spacial score (nSPS) is 20.1. The van der Waals surface area contributed by atoms with E-state index < -0.39 is 58.6 Å². The second-order valence-corrected chi connectivity index (χ2v) is 8.28. The number of alkyl halides is 6. The highest BCUT2D eigenvalue weighted by molar-refractivity contribution is 5.98. The lowest BCUT2D eigenvalue weighted by atomic mass is 9.77. The van der Waals surface area contributed by atoms with Gasteiger partial charge in [0, 0.05) is 25.3 Å². The Kier molecular flexibility index (Phi) is 6.86. The molecule has 2 aliphatic heterocycles. The summed E-state index contributed by atoms with van der Waals surface area (Å²) in [5, 5.41) is 24.5. The minimum Gasteiger partial charge on any atom is -0.380 e. The van der Waals surface area contributed by atoms with Crippen molar-refractivity contribution in [2.75, 3.05) is 25.0 Å². The van der Waals surface area contributed by atoms with Crippen LogP contribution in [0.15, 0.2) is 18.2 Å². The summed E-state index contributed by atoms with van der Waals surface area (Å²) in [6, 6.07) is 0.313. The molecule has 1 aromatic carbocycles. The van der Waals surface area contributed by atoms with Crippen LogP contribution in [0.25, 0.3) is 0 Å². The average Bonchev–Trinajstić information content (AvgIpc) is 3.10. The number of benzene rings is 1. The van der Waals surface area contributed by atoms with Gasteiger partial charge in [-0.15, -0.1) is 0 Å². The smallest absolute Gasteiger partial charge is 0.380 e. The number of hydrogen-bond acceptors (Lipinski definition) is 5. The summed E-state index contributed by atoms with van der Waals surface area (Å²) >= 11 is 0. The van der Waals surface area contributed by atoms with E-state index in [9.17, 15) is 50.9 Å². The van der Waals surface area contributed by atoms with E-state index >= 15 is 0 Å². The number of nitrogens with zero attached hydrogens (tertiary/aromatic N) is 1. The fourth-order valence-electron chi connectivity index (χ4n) is 4.06. The highest BCUT2D eigenvalue weighted by atomic mass is 19.4. The highest BCUT2D eigenvalue weighted by Crippen LogP contribution is 2.39. The summed E-state index contributed by atoms with van der Waals surface area (Å²) in [5.41, 5.74) is -4.95. The summed E-state index contributed by atoms with van der Waals surface area (Å²) < 4.78 is 77.8. The number of piperidine rings is 1. The number of amides is 3. The van der Waals surface area contributed by atoms with Crippen LogP contribution in [0, 0.1) is 5.41 Å². The molecule has 0 saturated carbocycles. The number of anilines is 1. The number of carbonyl (C=O) groups is 3. The Morgan fingerprint density at radius 1 is 0.941 bits per heavy atom. The van der Waals surface area contributed by atoms with Gasteiger partial charge in [0.25, 0.3) is 11.8 Å². The number of nitrogens with one attached hydrogen (secondary N) is 2. The number of halogens is 6. The first kappa shape index (κ1) is 25.7. The number of carbonyl (C=O) groups excluding carboxylic acids is 3. The maximum atomic E-state index is 13.0. The van der Waals surface area contributed by atoms with E-state index in [2.05, 4.69) is 5.32 Å². The van der Waals surface area contributed by atoms with E-state index in [1.807, 2.05) is 0 Å². The third-order valence-corrected chi connectivity index (χ3v) is 6.08. The molecule has 188 valence electrons. The van der Waals surface area contributed by atoms with Crippen LogP contribution in [0.3, 0.4) is 0 Å². The predicted octanol–water partition coefficient (Wildman–Crippen LogP) is 1.51. The van der Waals surface area contributed by atoms with Crippen molar-refractivity contribution in [1.82, 2.24) is 10.2 Å². The Bertz CT molecular complexity index is 940. The van der Waals surface area contributed by atoms with E-state index in [1.165, 1.54) is 0 Å². The van der Waals surface area contributed by atoms with Gasteiger partial charge in [-0.25, -0.2) is 0 Å². The summed E-state index contributed by atoms with van der Waals surface area (Å²) in [4.78, 5) is 37.8. The first-order chi connectivity index (χ1) is 15.6. The van der Waals surface area contributed by atoms with Gasteiger partial charge < -0.3 is 25.7 Å². The fourth-order valence-corrected chi connectivity index (χ4v) is 4.06. The van der Waals surface area contributed by atoms with E-state index in [0.717, 1.165) is 4.90 Å². The SMILES string of the molecule is O=C(Nc1cc(C(F)(F)F)cc(C(F)(F)F)c1)[C@H](O)[C@@H](O)C(=O)N1CCC2(CCNC2=O)CC1. The summed E-state index contributed by atoms with van der Waals surface area (Å²) in [6.45, 7) is 0.611. The van der Waals surface area contributed by atoms with Gasteiger partial charge in [0.1, 0.15) is 0 Å². The number of aliphatic hydroxyl groups excluding tert-OH is 2. The number of aliphatic hydroxyl groups is 2. The van der Waals surface area contributed by atoms with Gasteiger partial charge in [-0.1, -0.05) is 0 Å². The molecule has 0 aromatic heterocycles. The lowest BCUT2D eigenvalue weighted by molar-refractivity contribution is -0.154. The molecule has 0 aliphatic carbocycles. The second kappa shape index (κ2) is 9.06. The Morgan fingerprint density at radius 2 is 1.47 bits per heavy atom. The van der Waals surface area contributed by atoms with Crippen LogP contribution in [-0.2, 0) is 26.7 Å². The van der Waals surface area contributed by atoms with E-state index in [4.69, 9.17) is 0 Å². The highest BCUT2D eigenvalue weighted by Gasteiger charge is 2.46. The molecule has 3 rings (SSSR count). The largest absolute Gasteiger partial charge is 0.416 e. The Hall–Kier alpha value is -2.87. The molecule has 8 nitrogen and oxygen atoms in total. The van der Waals surface area contributed by atoms with Crippen molar-refractivity contribution in [3.63, 3.8) is 0 Å². The molecule has 34 heavy (non-hydrogen) atoms. The van der Waals surface area contributed by atoms with Crippen LogP contribution in [-0.4, -0.2) is 64.7 Å². The molecule has 0 bridgehead atoms. The average molecular weight is 497 g/mol. The maximum Gasteiger partial charge on any atom is 0.416 e. The van der Waals surface area contributed by atoms with Crippen LogP contribution in [0.1, 0.15) is 30.4 Å². The third-order valence-electron chi connectivity index (χ3n) is 6.08. The van der Waals surface area contributed by atoms with Gasteiger partial charge >= 0.3 is 12.4 Å². The summed E-state index contributed by atoms with van der Waals surface area (Å²) in [7, 11) is 0. The molecule has 2 saturated heterocycles. The van der Waals surface area contributed by atoms with Crippen molar-refractivity contribution in [3.05, 3.63) is 29.3 Å². The molecule has 2 atom stereocenters. The molecule has 2 fully saturated rings. The molecule has 2 aliphatic rings. The predicted molar refractivity (Wildman–Crippen MR) is 103 cm³/mol. The topological polar surface area (TPSA) is 119 Å². The van der Waals surface area contributed by atoms with Gasteiger partial charge in [0.2, 0.25) is 5.91 Å². The van der Waals surface area contributed by atoms with Crippen molar-refractivity contribution in [3.8, 4) is 0 Å². The molecule has 0 unspecified atom stereocenters. The summed E-state index contributed by atoms with van der Waals surface area (Å²) in [5.74, 6) is -2.77. The third kappa shape index (κ3) is 5.27. The van der Waals surface area contributed by atoms with Crippen molar-refractivity contribution < 1.29 is 50.9 Å². The van der Waals surface area contributed by atoms with Crippen molar-refractivity contribution in [1.29, 1.82) is 0 Å². The first-order valence-electron chi connectivity index (χ1n) is 10.2. The van der Waals surface area contributed by atoms with Crippen LogP contribution < -0.4 is 10.6 Å². The maximum absolute atomic E-state index is 13.0. The molecule has 3 amide bonds. The number of likely N-dealkylation sites (tertiary alicyclic amines) is 1. The van der Waals surface area contributed by atoms with Gasteiger partial charge in [0.05, 0.1) is 16.5 Å². The fraction of sp³-hybridized carbons (Fsp3) is 0.550. The van der Waals surface area contributed by atoms with Gasteiger partial charge in [0.15, 0.2) is 12.2 Å². The standard InChI is InChI=1S/C20H21F6N3O5/c21-19(22,23)10-7-11(20(24,25)26)9-12(8-10)28-15(32)13(30)14(31)16(33)29-5-2-18(3-6-29)1-4-27-17(18)34/h7-9,13-14,30-31H,1-6H2,(H,27,34)(H,28,32)/t13-,14-/m1/s1. The minimum atomic E-state index is -5.16. The second-order valence-electron chi connectivity index (χ2n) is 8.28. The molecule has 4 N–H and O–H groups in total. The number of rotatable bonds is 4. The zero-order valence-electron chi connectivity index (χ0n) is 17.5. The molecular formula is C20H21F6N3O5. The van der Waals surface area contributed by atoms with Crippen molar-refractivity contribution in [2.24, 2.45) is 5.41 Å². The first-order valence-corrected chi connectivity index (χ1v) is 10.2. The zero-order chi connectivity index (χ0) is 25.5. The lowest BCUT2D eigenvalue weighted by Gasteiger charge is -2.38. The van der Waals surface area contributed by atoms with Crippen LogP contribution in [0.4, 0.5) is 32.0 Å². The minimum absolute atomic E-state index is 0.0558. The quantitative estimate of drug-likeness (QED) is 0.471. The van der Waals surface area contributed by atoms with Crippen LogP contribution in [0.2, 0.25) is 0 Å². The van der Waals surface area contributed by atoms with Gasteiger partial charge in [-0.05, 0) is 37.5 Å². The van der Waals surface area contributed by atoms with Gasteiger partial charge in [-0.2, -0.15) is 26.3 Å². The van der Waals surface area contributed by atoms with E-state index in [-0.39, 0.29) is 37.2 Å². The van der Waals surface area contributed by atoms with E-state index in [1.54, 1.807) is 5.32 Å². The van der Waals surface area contributed by atoms with Gasteiger partial charge in [-0.3, -0.25) is 14.4 Å². The Labute approximate surface area is 188 Å². The molecule has 1 spiro atoms. The monoisotopic (exact) mass is 497 g/mol. The number of hydrogen-bond donors (Lipinski definition) is 4. The van der Waals surface area contributed by atoms with Crippen molar-refractivity contribution >= 4 is 23.4 Å².